The van der Waals surface area contributed by atoms with Crippen LogP contribution in [0.4, 0.5) is 17.1 Å². The van der Waals surface area contributed by atoms with E-state index < -0.39 is 5.63 Å². The molecule has 0 spiro atoms. The van der Waals surface area contributed by atoms with Crippen LogP contribution in [0, 0.1) is 0 Å². The first-order valence-corrected chi connectivity index (χ1v) is 9.59. The molecule has 30 heavy (non-hydrogen) atoms. The molecule has 4 rings (SSSR count). The second kappa shape index (κ2) is 8.17. The number of carbonyl (C=O) groups excluding carboxylic acids is 1. The van der Waals surface area contributed by atoms with Gasteiger partial charge >= 0.3 is 5.63 Å². The number of hydrogen-bond acceptors (Lipinski definition) is 7. The van der Waals surface area contributed by atoms with Crippen molar-refractivity contribution >= 4 is 33.9 Å². The minimum absolute atomic E-state index is 0.189. The Labute approximate surface area is 173 Å². The van der Waals surface area contributed by atoms with E-state index in [2.05, 4.69) is 5.32 Å². The van der Waals surface area contributed by atoms with E-state index in [9.17, 15) is 14.7 Å². The maximum Gasteiger partial charge on any atom is 0.360 e. The van der Waals surface area contributed by atoms with Crippen molar-refractivity contribution in [2.24, 2.45) is 0 Å². The Bertz CT molecular complexity index is 1140. The fourth-order valence-electron chi connectivity index (χ4n) is 3.49. The summed E-state index contributed by atoms with van der Waals surface area (Å²) < 4.78 is 10.8. The van der Waals surface area contributed by atoms with Gasteiger partial charge in [-0.3, -0.25) is 9.69 Å². The zero-order valence-corrected chi connectivity index (χ0v) is 16.8. The molecule has 2 aromatic carbocycles. The van der Waals surface area contributed by atoms with Crippen LogP contribution >= 0.6 is 0 Å². The Morgan fingerprint density at radius 2 is 2.03 bits per heavy atom. The number of fused-ring (bicyclic) bond motifs is 1. The van der Waals surface area contributed by atoms with Crippen molar-refractivity contribution in [3.8, 4) is 5.75 Å². The zero-order valence-electron chi connectivity index (χ0n) is 16.8. The molecule has 0 saturated carbocycles. The molecule has 1 aliphatic rings. The number of benzene rings is 2. The van der Waals surface area contributed by atoms with Gasteiger partial charge < -0.3 is 24.5 Å². The van der Waals surface area contributed by atoms with Gasteiger partial charge in [0.25, 0.3) is 0 Å². The smallest absolute Gasteiger partial charge is 0.360 e. The molecule has 8 heteroatoms. The maximum absolute atomic E-state index is 12.5. The highest BCUT2D eigenvalue weighted by Crippen LogP contribution is 2.32. The number of methoxy groups -OCH3 is 1. The normalized spacial score (nSPS) is 14.4. The zero-order chi connectivity index (χ0) is 21.3. The summed E-state index contributed by atoms with van der Waals surface area (Å²) in [5.41, 5.74) is 1.64. The first-order chi connectivity index (χ1) is 14.4. The van der Waals surface area contributed by atoms with Crippen LogP contribution in [0.1, 0.15) is 0 Å². The molecule has 0 aliphatic carbocycles. The molecular weight excluding hydrogens is 386 g/mol. The number of β-amino-alcohol motifs (C(OH)–C–C–N with tert-alkyl or cyclic N) is 1. The maximum atomic E-state index is 12.5. The summed E-state index contributed by atoms with van der Waals surface area (Å²) >= 11 is 0. The number of anilines is 3. The van der Waals surface area contributed by atoms with E-state index in [1.165, 1.54) is 7.11 Å². The lowest BCUT2D eigenvalue weighted by atomic mass is 10.1. The Hall–Kier alpha value is -3.36. The molecular formula is C22H23N3O5. The van der Waals surface area contributed by atoms with Gasteiger partial charge in [0.15, 0.2) is 0 Å². The Balaban J connectivity index is 1.59. The van der Waals surface area contributed by atoms with E-state index in [1.54, 1.807) is 42.3 Å². The molecule has 0 atom stereocenters. The van der Waals surface area contributed by atoms with E-state index in [0.717, 1.165) is 5.39 Å². The summed E-state index contributed by atoms with van der Waals surface area (Å²) in [6.07, 6.45) is -0.363. The van der Waals surface area contributed by atoms with Gasteiger partial charge in [-0.1, -0.05) is 18.2 Å². The molecule has 0 unspecified atom stereocenters. The Morgan fingerprint density at radius 3 is 2.77 bits per heavy atom. The summed E-state index contributed by atoms with van der Waals surface area (Å²) in [5.74, 6) is 0.305. The number of aliphatic hydroxyl groups excluding tert-OH is 1. The van der Waals surface area contributed by atoms with E-state index in [1.807, 2.05) is 23.1 Å². The molecule has 1 saturated heterocycles. The van der Waals surface area contributed by atoms with Crippen molar-refractivity contribution in [1.29, 1.82) is 0 Å². The highest BCUT2D eigenvalue weighted by atomic mass is 16.5. The van der Waals surface area contributed by atoms with Crippen molar-refractivity contribution in [3.05, 3.63) is 59.0 Å². The molecule has 0 radical (unpaired) electrons. The number of nitrogens with zero attached hydrogens (tertiary/aromatic N) is 2. The average molecular weight is 409 g/mol. The molecule has 2 heterocycles. The predicted octanol–water partition coefficient (Wildman–Crippen LogP) is 2.18. The summed E-state index contributed by atoms with van der Waals surface area (Å²) in [6.45, 7) is 1.17. The standard InChI is InChI=1S/C22H23N3O5/c1-24(18-9-14-5-3-4-6-19(14)30-22(18)28)15-7-8-20(29-2)17(10-15)23-21(27)13-25-11-16(26)12-25/h3-10,16,26H,11-13H2,1-2H3,(H,23,27). The lowest BCUT2D eigenvalue weighted by molar-refractivity contribution is -0.119. The third-order valence-electron chi connectivity index (χ3n) is 5.13. The largest absolute Gasteiger partial charge is 0.495 e. The Morgan fingerprint density at radius 1 is 1.27 bits per heavy atom. The van der Waals surface area contributed by atoms with Crippen molar-refractivity contribution in [1.82, 2.24) is 4.90 Å². The molecule has 2 N–H and O–H groups in total. The van der Waals surface area contributed by atoms with Gasteiger partial charge in [-0.25, -0.2) is 4.79 Å². The fourth-order valence-corrected chi connectivity index (χ4v) is 3.49. The van der Waals surface area contributed by atoms with Gasteiger partial charge in [0, 0.05) is 31.2 Å². The number of ether oxygens (including phenoxy) is 1. The topological polar surface area (TPSA) is 95.2 Å². The van der Waals surface area contributed by atoms with Crippen LogP contribution < -0.4 is 20.6 Å². The number of aliphatic hydroxyl groups is 1. The van der Waals surface area contributed by atoms with Gasteiger partial charge in [0.1, 0.15) is 17.0 Å². The van der Waals surface area contributed by atoms with Crippen molar-refractivity contribution in [2.45, 2.75) is 6.10 Å². The monoisotopic (exact) mass is 409 g/mol. The third-order valence-corrected chi connectivity index (χ3v) is 5.13. The fraction of sp³-hybridized carbons (Fsp3) is 0.273. The molecule has 1 aliphatic heterocycles. The van der Waals surface area contributed by atoms with E-state index in [-0.39, 0.29) is 18.6 Å². The minimum atomic E-state index is -0.450. The second-order valence-electron chi connectivity index (χ2n) is 7.30. The highest BCUT2D eigenvalue weighted by molar-refractivity contribution is 5.94. The molecule has 156 valence electrons. The second-order valence-corrected chi connectivity index (χ2v) is 7.30. The van der Waals surface area contributed by atoms with Gasteiger partial charge in [0.05, 0.1) is 25.4 Å². The molecule has 1 aromatic heterocycles. The van der Waals surface area contributed by atoms with Crippen LogP contribution in [0.15, 0.2) is 57.7 Å². The first kappa shape index (κ1) is 19.9. The molecule has 8 nitrogen and oxygen atoms in total. The van der Waals surface area contributed by atoms with E-state index in [0.29, 0.717) is 41.5 Å². The quantitative estimate of drug-likeness (QED) is 0.603. The summed E-state index contributed by atoms with van der Waals surface area (Å²) in [4.78, 5) is 28.4. The number of para-hydroxylation sites is 1. The van der Waals surface area contributed by atoms with Gasteiger partial charge in [-0.2, -0.15) is 0 Å². The number of nitrogens with one attached hydrogen (secondary N) is 1. The van der Waals surface area contributed by atoms with E-state index >= 15 is 0 Å². The van der Waals surface area contributed by atoms with Gasteiger partial charge in [0.2, 0.25) is 5.91 Å². The van der Waals surface area contributed by atoms with Crippen molar-refractivity contribution in [3.63, 3.8) is 0 Å². The van der Waals surface area contributed by atoms with Crippen LogP contribution in [-0.4, -0.2) is 55.8 Å². The van der Waals surface area contributed by atoms with Crippen molar-refractivity contribution < 1.29 is 19.1 Å². The average Bonchev–Trinajstić information content (AvgIpc) is 2.71. The molecule has 0 bridgehead atoms. The minimum Gasteiger partial charge on any atom is -0.495 e. The summed E-state index contributed by atoms with van der Waals surface area (Å²) in [6, 6.07) is 14.4. The lowest BCUT2D eigenvalue weighted by Gasteiger charge is -2.35. The molecule has 3 aromatic rings. The SMILES string of the molecule is COc1ccc(N(C)c2cc3ccccc3oc2=O)cc1NC(=O)CN1CC(O)C1. The van der Waals surface area contributed by atoms with E-state index in [4.69, 9.17) is 9.15 Å². The summed E-state index contributed by atoms with van der Waals surface area (Å²) in [7, 11) is 3.29. The van der Waals surface area contributed by atoms with Gasteiger partial charge in [-0.15, -0.1) is 0 Å². The number of hydrogen-bond donors (Lipinski definition) is 2. The van der Waals surface area contributed by atoms with Crippen LogP contribution in [0.3, 0.4) is 0 Å². The van der Waals surface area contributed by atoms with Crippen LogP contribution in [-0.2, 0) is 4.79 Å². The van der Waals surface area contributed by atoms with Crippen LogP contribution in [0.5, 0.6) is 5.75 Å². The van der Waals surface area contributed by atoms with Crippen LogP contribution in [0.25, 0.3) is 11.0 Å². The number of likely N-dealkylation sites (tertiary alicyclic amines) is 1. The third kappa shape index (κ3) is 4.00. The summed E-state index contributed by atoms with van der Waals surface area (Å²) in [5, 5.41) is 13.0. The molecule has 1 fully saturated rings. The molecule has 1 amide bonds. The number of amides is 1. The first-order valence-electron chi connectivity index (χ1n) is 9.59. The lowest BCUT2D eigenvalue weighted by Crippen LogP contribution is -2.53. The van der Waals surface area contributed by atoms with Crippen molar-refractivity contribution in [2.75, 3.05) is 44.0 Å². The highest BCUT2D eigenvalue weighted by Gasteiger charge is 2.26. The van der Waals surface area contributed by atoms with Crippen LogP contribution in [0.2, 0.25) is 0 Å². The number of carbonyl (C=O) groups is 1. The van der Waals surface area contributed by atoms with Gasteiger partial charge in [-0.05, 0) is 30.3 Å². The number of rotatable bonds is 6. The Kier molecular flexibility index (Phi) is 5.43. The predicted molar refractivity (Wildman–Crippen MR) is 115 cm³/mol.